The molecule has 5 heteroatoms. The molecule has 0 saturated carbocycles. The Kier molecular flexibility index (Phi) is 4.03. The zero-order chi connectivity index (χ0) is 15.5. The summed E-state index contributed by atoms with van der Waals surface area (Å²) in [5.74, 6) is 1.89. The van der Waals surface area contributed by atoms with Crippen LogP contribution >= 0.6 is 0 Å². The molecule has 120 valence electrons. The second-order valence-electron chi connectivity index (χ2n) is 5.87. The van der Waals surface area contributed by atoms with E-state index in [2.05, 4.69) is 39.5 Å². The molecule has 3 heterocycles. The predicted molar refractivity (Wildman–Crippen MR) is 90.2 cm³/mol. The number of rotatable bonds is 4. The van der Waals surface area contributed by atoms with Crippen LogP contribution in [0.4, 0.5) is 11.5 Å². The van der Waals surface area contributed by atoms with Gasteiger partial charge in [-0.2, -0.15) is 0 Å². The number of nitrogens with zero attached hydrogens (tertiary/aromatic N) is 2. The van der Waals surface area contributed by atoms with Gasteiger partial charge in [-0.3, -0.25) is 0 Å². The summed E-state index contributed by atoms with van der Waals surface area (Å²) in [4.78, 5) is 6.94. The number of aromatic nitrogens is 1. The maximum absolute atomic E-state index is 5.94. The molecule has 0 spiro atoms. The van der Waals surface area contributed by atoms with Crippen LogP contribution in [0.1, 0.15) is 11.3 Å². The smallest absolute Gasteiger partial charge is 0.130 e. The topological polar surface area (TPSA) is 46.6 Å². The zero-order valence-electron chi connectivity index (χ0n) is 13.1. The van der Waals surface area contributed by atoms with Crippen molar-refractivity contribution >= 4 is 11.5 Å². The lowest BCUT2D eigenvalue weighted by Gasteiger charge is -2.29. The van der Waals surface area contributed by atoms with Crippen LogP contribution in [-0.4, -0.2) is 37.8 Å². The van der Waals surface area contributed by atoms with Gasteiger partial charge in [0, 0.05) is 31.4 Å². The van der Waals surface area contributed by atoms with Crippen LogP contribution in [0.25, 0.3) is 0 Å². The Morgan fingerprint density at radius 3 is 3.00 bits per heavy atom. The SMILES string of the molecule is c1cc(OCc2ccc3c(n2)NCC3)cc(N2CCOCC2)c1. The predicted octanol–water partition coefficient (Wildman–Crippen LogP) is 2.47. The Morgan fingerprint density at radius 1 is 1.17 bits per heavy atom. The van der Waals surface area contributed by atoms with Crippen molar-refractivity contribution < 1.29 is 9.47 Å². The van der Waals surface area contributed by atoms with E-state index in [0.29, 0.717) is 6.61 Å². The highest BCUT2D eigenvalue weighted by Crippen LogP contribution is 2.24. The summed E-state index contributed by atoms with van der Waals surface area (Å²) in [6, 6.07) is 12.4. The minimum absolute atomic E-state index is 0.488. The van der Waals surface area contributed by atoms with E-state index in [9.17, 15) is 0 Å². The molecule has 0 bridgehead atoms. The number of anilines is 2. The Bertz CT molecular complexity index is 684. The third-order valence-corrected chi connectivity index (χ3v) is 4.30. The lowest BCUT2D eigenvalue weighted by molar-refractivity contribution is 0.122. The Hall–Kier alpha value is -2.27. The first-order valence-corrected chi connectivity index (χ1v) is 8.17. The van der Waals surface area contributed by atoms with Crippen molar-refractivity contribution in [2.45, 2.75) is 13.0 Å². The van der Waals surface area contributed by atoms with Crippen LogP contribution in [0, 0.1) is 0 Å². The van der Waals surface area contributed by atoms with Crippen LogP contribution < -0.4 is 15.0 Å². The van der Waals surface area contributed by atoms with Crippen LogP contribution in [0.2, 0.25) is 0 Å². The first-order chi connectivity index (χ1) is 11.4. The van der Waals surface area contributed by atoms with E-state index in [1.807, 2.05) is 12.1 Å². The van der Waals surface area contributed by atoms with Gasteiger partial charge in [-0.1, -0.05) is 12.1 Å². The van der Waals surface area contributed by atoms with Gasteiger partial charge >= 0.3 is 0 Å². The molecule has 0 amide bonds. The molecule has 2 aliphatic heterocycles. The third-order valence-electron chi connectivity index (χ3n) is 4.30. The molecule has 1 aromatic carbocycles. The van der Waals surface area contributed by atoms with Gasteiger partial charge in [0.1, 0.15) is 18.2 Å². The lowest BCUT2D eigenvalue weighted by Crippen LogP contribution is -2.36. The van der Waals surface area contributed by atoms with Crippen molar-refractivity contribution in [2.75, 3.05) is 43.1 Å². The molecular formula is C18H21N3O2. The monoisotopic (exact) mass is 311 g/mol. The Balaban J connectivity index is 1.42. The Morgan fingerprint density at radius 2 is 2.09 bits per heavy atom. The standard InChI is InChI=1S/C18H21N3O2/c1-2-16(21-8-10-22-11-9-21)12-17(3-1)23-13-15-5-4-14-6-7-19-18(14)20-15/h1-5,12H,6-11,13H2,(H,19,20). The maximum atomic E-state index is 5.94. The number of morpholine rings is 1. The molecule has 5 nitrogen and oxygen atoms in total. The van der Waals surface area contributed by atoms with E-state index in [0.717, 1.165) is 56.5 Å². The summed E-state index contributed by atoms with van der Waals surface area (Å²) in [5.41, 5.74) is 3.44. The fourth-order valence-electron chi connectivity index (χ4n) is 3.03. The lowest BCUT2D eigenvalue weighted by atomic mass is 10.2. The highest BCUT2D eigenvalue weighted by molar-refractivity contribution is 5.51. The number of pyridine rings is 1. The fourth-order valence-corrected chi connectivity index (χ4v) is 3.03. The van der Waals surface area contributed by atoms with E-state index in [1.165, 1.54) is 11.3 Å². The molecule has 2 aliphatic rings. The van der Waals surface area contributed by atoms with Crippen LogP contribution in [0.15, 0.2) is 36.4 Å². The largest absolute Gasteiger partial charge is 0.487 e. The Labute approximate surface area is 136 Å². The van der Waals surface area contributed by atoms with Crippen molar-refractivity contribution in [1.29, 1.82) is 0 Å². The number of ether oxygens (including phenoxy) is 2. The number of hydrogen-bond acceptors (Lipinski definition) is 5. The minimum Gasteiger partial charge on any atom is -0.487 e. The molecule has 0 radical (unpaired) electrons. The quantitative estimate of drug-likeness (QED) is 0.940. The maximum Gasteiger partial charge on any atom is 0.130 e. The summed E-state index contributed by atoms with van der Waals surface area (Å²) >= 11 is 0. The van der Waals surface area contributed by atoms with Crippen molar-refractivity contribution in [2.24, 2.45) is 0 Å². The van der Waals surface area contributed by atoms with Crippen molar-refractivity contribution in [3.05, 3.63) is 47.7 Å². The molecule has 23 heavy (non-hydrogen) atoms. The van der Waals surface area contributed by atoms with Crippen LogP contribution in [0.5, 0.6) is 5.75 Å². The second kappa shape index (κ2) is 6.46. The van der Waals surface area contributed by atoms with Gasteiger partial charge in [-0.25, -0.2) is 4.98 Å². The summed E-state index contributed by atoms with van der Waals surface area (Å²) in [5, 5.41) is 3.31. The molecule has 0 unspecified atom stereocenters. The van der Waals surface area contributed by atoms with Gasteiger partial charge < -0.3 is 19.7 Å². The number of benzene rings is 1. The highest BCUT2D eigenvalue weighted by Gasteiger charge is 2.13. The van der Waals surface area contributed by atoms with E-state index < -0.39 is 0 Å². The molecule has 1 fully saturated rings. The van der Waals surface area contributed by atoms with Crippen molar-refractivity contribution in [3.8, 4) is 5.75 Å². The number of fused-ring (bicyclic) bond motifs is 1. The fraction of sp³-hybridized carbons (Fsp3) is 0.389. The molecule has 4 rings (SSSR count). The van der Waals surface area contributed by atoms with E-state index in [4.69, 9.17) is 9.47 Å². The molecule has 1 aromatic heterocycles. The van der Waals surface area contributed by atoms with E-state index in [-0.39, 0.29) is 0 Å². The van der Waals surface area contributed by atoms with Crippen LogP contribution in [0.3, 0.4) is 0 Å². The van der Waals surface area contributed by atoms with Gasteiger partial charge in [0.2, 0.25) is 0 Å². The zero-order valence-corrected chi connectivity index (χ0v) is 13.1. The molecule has 1 N–H and O–H groups in total. The van der Waals surface area contributed by atoms with Gasteiger partial charge in [-0.15, -0.1) is 0 Å². The molecule has 0 atom stereocenters. The second-order valence-corrected chi connectivity index (χ2v) is 5.87. The van der Waals surface area contributed by atoms with Gasteiger partial charge in [0.15, 0.2) is 0 Å². The third kappa shape index (κ3) is 3.24. The minimum atomic E-state index is 0.488. The van der Waals surface area contributed by atoms with Gasteiger partial charge in [0.25, 0.3) is 0 Å². The van der Waals surface area contributed by atoms with Gasteiger partial charge in [-0.05, 0) is 30.2 Å². The average Bonchev–Trinajstić information content (AvgIpc) is 3.09. The van der Waals surface area contributed by atoms with Crippen molar-refractivity contribution in [3.63, 3.8) is 0 Å². The van der Waals surface area contributed by atoms with Gasteiger partial charge in [0.05, 0.1) is 18.9 Å². The summed E-state index contributed by atoms with van der Waals surface area (Å²) in [7, 11) is 0. The summed E-state index contributed by atoms with van der Waals surface area (Å²) in [6.07, 6.45) is 1.06. The number of nitrogens with one attached hydrogen (secondary N) is 1. The van der Waals surface area contributed by atoms with Crippen LogP contribution in [-0.2, 0) is 17.8 Å². The summed E-state index contributed by atoms with van der Waals surface area (Å²) < 4.78 is 11.3. The normalized spacial score (nSPS) is 16.8. The molecule has 0 aliphatic carbocycles. The van der Waals surface area contributed by atoms with Crippen molar-refractivity contribution in [1.82, 2.24) is 4.98 Å². The molecular weight excluding hydrogens is 290 g/mol. The van der Waals surface area contributed by atoms with E-state index >= 15 is 0 Å². The molecule has 2 aromatic rings. The highest BCUT2D eigenvalue weighted by atomic mass is 16.5. The first kappa shape index (κ1) is 14.3. The first-order valence-electron chi connectivity index (χ1n) is 8.17. The van der Waals surface area contributed by atoms with E-state index in [1.54, 1.807) is 0 Å². The average molecular weight is 311 g/mol. The number of hydrogen-bond donors (Lipinski definition) is 1. The molecule has 1 saturated heterocycles. The summed E-state index contributed by atoms with van der Waals surface area (Å²) in [6.45, 7) is 4.91.